The standard InChI is InChI=1S/C10H20O.C4H10.C2H4/c1-7-8-9(2,3)10(4,5)11-6;1-4(2)3;1-2/h7-8H,1-6H3;4H,1-3H3;1-2H2/b8-7-;;. The van der Waals surface area contributed by atoms with Gasteiger partial charge in [-0.05, 0) is 26.7 Å². The summed E-state index contributed by atoms with van der Waals surface area (Å²) in [6, 6.07) is 0. The first-order chi connectivity index (χ1) is 7.60. The summed E-state index contributed by atoms with van der Waals surface area (Å²) in [6.45, 7) is 23.1. The molecule has 17 heavy (non-hydrogen) atoms. The van der Waals surface area contributed by atoms with Crippen LogP contribution in [0.25, 0.3) is 0 Å². The first kappa shape index (κ1) is 21.7. The minimum Gasteiger partial charge on any atom is -0.378 e. The third kappa shape index (κ3) is 11.7. The van der Waals surface area contributed by atoms with Crippen LogP contribution >= 0.6 is 0 Å². The number of rotatable bonds is 3. The topological polar surface area (TPSA) is 9.23 Å². The maximum atomic E-state index is 5.40. The maximum absolute atomic E-state index is 5.40. The van der Waals surface area contributed by atoms with Crippen molar-refractivity contribution in [1.82, 2.24) is 0 Å². The Balaban J connectivity index is -0.000000275. The van der Waals surface area contributed by atoms with E-state index >= 15 is 0 Å². The molecule has 0 aromatic heterocycles. The molecule has 0 spiro atoms. The molecule has 0 aliphatic rings. The van der Waals surface area contributed by atoms with Gasteiger partial charge < -0.3 is 4.74 Å². The quantitative estimate of drug-likeness (QED) is 0.596. The second kappa shape index (κ2) is 10.6. The summed E-state index contributed by atoms with van der Waals surface area (Å²) in [5, 5.41) is 0. The molecule has 0 aromatic rings. The SMILES string of the molecule is C/C=C\C(C)(C)C(C)(C)OC.C=C.CC(C)C. The molecule has 0 rings (SSSR count). The van der Waals surface area contributed by atoms with Gasteiger partial charge in [-0.1, -0.05) is 46.8 Å². The second-order valence-corrected chi connectivity index (χ2v) is 5.67. The Labute approximate surface area is 110 Å². The van der Waals surface area contributed by atoms with Crippen molar-refractivity contribution in [3.63, 3.8) is 0 Å². The Bertz CT molecular complexity index is 185. The van der Waals surface area contributed by atoms with Crippen molar-refractivity contribution in [2.75, 3.05) is 7.11 Å². The van der Waals surface area contributed by atoms with Crippen LogP contribution in [0.15, 0.2) is 25.3 Å². The fourth-order valence-corrected chi connectivity index (χ4v) is 0.880. The molecular weight excluding hydrogens is 208 g/mol. The predicted molar refractivity (Wildman–Crippen MR) is 81.4 cm³/mol. The lowest BCUT2D eigenvalue weighted by Gasteiger charge is -2.38. The lowest BCUT2D eigenvalue weighted by atomic mass is 9.77. The first-order valence-electron chi connectivity index (χ1n) is 6.29. The maximum Gasteiger partial charge on any atom is 0.0707 e. The van der Waals surface area contributed by atoms with Crippen molar-refractivity contribution in [1.29, 1.82) is 0 Å². The van der Waals surface area contributed by atoms with Crippen LogP contribution in [0.3, 0.4) is 0 Å². The van der Waals surface area contributed by atoms with Gasteiger partial charge in [-0.25, -0.2) is 0 Å². The molecule has 0 unspecified atom stereocenters. The average molecular weight is 242 g/mol. The third-order valence-corrected chi connectivity index (χ3v) is 2.65. The molecule has 0 aliphatic carbocycles. The molecule has 104 valence electrons. The van der Waals surface area contributed by atoms with Gasteiger partial charge in [-0.15, -0.1) is 13.2 Å². The lowest BCUT2D eigenvalue weighted by Crippen LogP contribution is -2.39. The summed E-state index contributed by atoms with van der Waals surface area (Å²) in [5.74, 6) is 0.833. The predicted octanol–water partition coefficient (Wildman–Crippen LogP) is 5.48. The van der Waals surface area contributed by atoms with Crippen LogP contribution in [0.5, 0.6) is 0 Å². The highest BCUT2D eigenvalue weighted by atomic mass is 16.5. The summed E-state index contributed by atoms with van der Waals surface area (Å²) in [5.41, 5.74) is -0.00396. The molecule has 0 saturated heterocycles. The lowest BCUT2D eigenvalue weighted by molar-refractivity contribution is -0.0485. The Morgan fingerprint density at radius 1 is 1.00 bits per heavy atom. The monoisotopic (exact) mass is 242 g/mol. The molecule has 0 aromatic carbocycles. The van der Waals surface area contributed by atoms with Crippen molar-refractivity contribution < 1.29 is 4.74 Å². The average Bonchev–Trinajstić information content (AvgIpc) is 2.19. The van der Waals surface area contributed by atoms with E-state index in [1.165, 1.54) is 0 Å². The number of methoxy groups -OCH3 is 1. The van der Waals surface area contributed by atoms with Crippen LogP contribution in [0.1, 0.15) is 55.4 Å². The Kier molecular flexibility index (Phi) is 13.5. The van der Waals surface area contributed by atoms with Gasteiger partial charge in [0.25, 0.3) is 0 Å². The first-order valence-corrected chi connectivity index (χ1v) is 6.29. The summed E-state index contributed by atoms with van der Waals surface area (Å²) in [6.07, 6.45) is 4.25. The summed E-state index contributed by atoms with van der Waals surface area (Å²) in [7, 11) is 1.76. The van der Waals surface area contributed by atoms with Gasteiger partial charge in [0.05, 0.1) is 5.60 Å². The normalized spacial score (nSPS) is 11.6. The van der Waals surface area contributed by atoms with E-state index in [0.29, 0.717) is 0 Å². The Hall–Kier alpha value is -0.560. The van der Waals surface area contributed by atoms with Gasteiger partial charge in [-0.2, -0.15) is 0 Å². The number of ether oxygens (including phenoxy) is 1. The smallest absolute Gasteiger partial charge is 0.0707 e. The van der Waals surface area contributed by atoms with Crippen LogP contribution in [-0.4, -0.2) is 12.7 Å². The molecule has 0 bridgehead atoms. The van der Waals surface area contributed by atoms with Crippen molar-refractivity contribution >= 4 is 0 Å². The third-order valence-electron chi connectivity index (χ3n) is 2.65. The zero-order valence-corrected chi connectivity index (χ0v) is 13.6. The molecule has 0 saturated carbocycles. The second-order valence-electron chi connectivity index (χ2n) is 5.67. The van der Waals surface area contributed by atoms with Gasteiger partial charge >= 0.3 is 0 Å². The molecule has 0 N–H and O–H groups in total. The number of hydrogen-bond donors (Lipinski definition) is 0. The van der Waals surface area contributed by atoms with E-state index < -0.39 is 0 Å². The Morgan fingerprint density at radius 3 is 1.47 bits per heavy atom. The van der Waals surface area contributed by atoms with E-state index in [1.807, 2.05) is 6.92 Å². The van der Waals surface area contributed by atoms with Crippen LogP contribution in [0.4, 0.5) is 0 Å². The van der Waals surface area contributed by atoms with E-state index in [0.717, 1.165) is 5.92 Å². The minimum absolute atomic E-state index is 0.0938. The molecule has 0 amide bonds. The van der Waals surface area contributed by atoms with Gasteiger partial charge in [0, 0.05) is 12.5 Å². The van der Waals surface area contributed by atoms with Crippen LogP contribution in [0, 0.1) is 11.3 Å². The van der Waals surface area contributed by atoms with E-state index in [1.54, 1.807) is 7.11 Å². The summed E-state index contributed by atoms with van der Waals surface area (Å²) >= 11 is 0. The van der Waals surface area contributed by atoms with Crippen molar-refractivity contribution in [3.05, 3.63) is 25.3 Å². The van der Waals surface area contributed by atoms with E-state index in [4.69, 9.17) is 4.74 Å². The number of allylic oxidation sites excluding steroid dienone is 1. The highest BCUT2D eigenvalue weighted by molar-refractivity contribution is 5.02. The fourth-order valence-electron chi connectivity index (χ4n) is 0.880. The summed E-state index contributed by atoms with van der Waals surface area (Å²) < 4.78 is 5.40. The molecule has 1 nitrogen and oxygen atoms in total. The van der Waals surface area contributed by atoms with E-state index in [9.17, 15) is 0 Å². The van der Waals surface area contributed by atoms with Crippen molar-refractivity contribution in [2.45, 2.75) is 61.0 Å². The van der Waals surface area contributed by atoms with Crippen molar-refractivity contribution in [3.8, 4) is 0 Å². The zero-order chi connectivity index (χ0) is 14.7. The molecule has 0 radical (unpaired) electrons. The van der Waals surface area contributed by atoms with Gasteiger partial charge in [0.1, 0.15) is 0 Å². The van der Waals surface area contributed by atoms with E-state index in [-0.39, 0.29) is 11.0 Å². The van der Waals surface area contributed by atoms with Crippen LogP contribution < -0.4 is 0 Å². The molecule has 1 heteroatoms. The highest BCUT2D eigenvalue weighted by Gasteiger charge is 2.34. The van der Waals surface area contributed by atoms with Gasteiger partial charge in [0.15, 0.2) is 0 Å². The highest BCUT2D eigenvalue weighted by Crippen LogP contribution is 2.34. The van der Waals surface area contributed by atoms with Gasteiger partial charge in [0.2, 0.25) is 0 Å². The molecule has 0 heterocycles. The zero-order valence-electron chi connectivity index (χ0n) is 13.6. The van der Waals surface area contributed by atoms with Crippen LogP contribution in [0.2, 0.25) is 0 Å². The fraction of sp³-hybridized carbons (Fsp3) is 0.750. The van der Waals surface area contributed by atoms with Crippen LogP contribution in [-0.2, 0) is 4.74 Å². The Morgan fingerprint density at radius 2 is 1.29 bits per heavy atom. The largest absolute Gasteiger partial charge is 0.378 e. The van der Waals surface area contributed by atoms with E-state index in [2.05, 4.69) is 73.8 Å². The molecule has 0 fully saturated rings. The summed E-state index contributed by atoms with van der Waals surface area (Å²) in [4.78, 5) is 0. The van der Waals surface area contributed by atoms with Crippen molar-refractivity contribution in [2.24, 2.45) is 11.3 Å². The van der Waals surface area contributed by atoms with Gasteiger partial charge in [-0.3, -0.25) is 0 Å². The molecular formula is C16H34O. The number of hydrogen-bond acceptors (Lipinski definition) is 1. The minimum atomic E-state index is -0.0977. The molecule has 0 atom stereocenters. The molecule has 0 aliphatic heterocycles.